The van der Waals surface area contributed by atoms with Crippen LogP contribution in [-0.2, 0) is 4.79 Å². The van der Waals surface area contributed by atoms with Gasteiger partial charge < -0.3 is 10.2 Å². The minimum atomic E-state index is 0.355. The molecule has 0 radical (unpaired) electrons. The van der Waals surface area contributed by atoms with E-state index in [-0.39, 0.29) is 0 Å². The minimum absolute atomic E-state index is 0.355. The molecule has 0 bridgehead atoms. The van der Waals surface area contributed by atoms with Gasteiger partial charge in [0.2, 0.25) is 5.91 Å². The zero-order chi connectivity index (χ0) is 14.3. The lowest BCUT2D eigenvalue weighted by atomic mass is 9.69. The van der Waals surface area contributed by atoms with Crippen molar-refractivity contribution in [2.75, 3.05) is 26.2 Å². The highest BCUT2D eigenvalue weighted by molar-refractivity contribution is 5.83. The van der Waals surface area contributed by atoms with Crippen molar-refractivity contribution >= 4 is 5.91 Å². The summed E-state index contributed by atoms with van der Waals surface area (Å²) in [5.74, 6) is 0.847. The molecule has 4 aliphatic rings. The van der Waals surface area contributed by atoms with Gasteiger partial charge in [-0.1, -0.05) is 19.3 Å². The first-order chi connectivity index (χ1) is 10.2. The molecule has 2 saturated heterocycles. The van der Waals surface area contributed by atoms with Gasteiger partial charge in [-0.3, -0.25) is 4.79 Å². The van der Waals surface area contributed by atoms with Gasteiger partial charge in [0.05, 0.1) is 0 Å². The van der Waals surface area contributed by atoms with Crippen molar-refractivity contribution in [2.24, 2.45) is 16.7 Å². The highest BCUT2D eigenvalue weighted by Crippen LogP contribution is 2.57. The summed E-state index contributed by atoms with van der Waals surface area (Å²) in [6.45, 7) is 4.27. The molecule has 118 valence electrons. The van der Waals surface area contributed by atoms with Crippen molar-refractivity contribution in [3.8, 4) is 0 Å². The molecule has 2 spiro atoms. The summed E-state index contributed by atoms with van der Waals surface area (Å²) < 4.78 is 0. The fourth-order valence-electron chi connectivity index (χ4n) is 5.43. The maximum absolute atomic E-state index is 12.8. The van der Waals surface area contributed by atoms with Crippen molar-refractivity contribution in [3.05, 3.63) is 0 Å². The summed E-state index contributed by atoms with van der Waals surface area (Å²) >= 11 is 0. The van der Waals surface area contributed by atoms with Crippen molar-refractivity contribution in [1.82, 2.24) is 10.2 Å². The van der Waals surface area contributed by atoms with Crippen LogP contribution in [0.2, 0.25) is 0 Å². The molecule has 1 N–H and O–H groups in total. The van der Waals surface area contributed by atoms with Gasteiger partial charge in [-0.15, -0.1) is 0 Å². The van der Waals surface area contributed by atoms with Gasteiger partial charge in [-0.25, -0.2) is 0 Å². The van der Waals surface area contributed by atoms with E-state index in [0.29, 0.717) is 22.7 Å². The van der Waals surface area contributed by atoms with E-state index in [4.69, 9.17) is 0 Å². The average Bonchev–Trinajstić information content (AvgIpc) is 3.07. The zero-order valence-electron chi connectivity index (χ0n) is 13.3. The van der Waals surface area contributed by atoms with E-state index in [9.17, 15) is 4.79 Å². The van der Waals surface area contributed by atoms with Crippen LogP contribution in [0.1, 0.15) is 64.2 Å². The van der Waals surface area contributed by atoms with Crippen LogP contribution in [0.3, 0.4) is 0 Å². The number of hydrogen-bond donors (Lipinski definition) is 1. The molecule has 2 unspecified atom stereocenters. The van der Waals surface area contributed by atoms with Gasteiger partial charge in [0.15, 0.2) is 0 Å². The molecule has 3 heteroatoms. The monoisotopic (exact) mass is 290 g/mol. The number of nitrogens with zero attached hydrogens (tertiary/aromatic N) is 1. The molecule has 21 heavy (non-hydrogen) atoms. The van der Waals surface area contributed by atoms with E-state index in [1.807, 2.05) is 0 Å². The van der Waals surface area contributed by atoms with Crippen molar-refractivity contribution < 1.29 is 4.79 Å². The summed E-state index contributed by atoms with van der Waals surface area (Å²) in [6.07, 6.45) is 13.4. The first-order valence-electron chi connectivity index (χ1n) is 9.23. The highest BCUT2D eigenvalue weighted by Gasteiger charge is 2.59. The SMILES string of the molecule is O=C(C1CC12CCNC2)N1CCCC2(CCCCC2)CC1. The Bertz CT molecular complexity index is 407. The average molecular weight is 290 g/mol. The molecule has 4 fully saturated rings. The van der Waals surface area contributed by atoms with Crippen molar-refractivity contribution in [3.63, 3.8) is 0 Å². The second-order valence-corrected chi connectivity index (χ2v) is 8.29. The Kier molecular flexibility index (Phi) is 3.52. The Balaban J connectivity index is 1.37. The summed E-state index contributed by atoms with van der Waals surface area (Å²) in [5, 5.41) is 3.45. The third kappa shape index (κ3) is 2.52. The predicted molar refractivity (Wildman–Crippen MR) is 84.0 cm³/mol. The van der Waals surface area contributed by atoms with Gasteiger partial charge in [-0.2, -0.15) is 0 Å². The molecule has 3 nitrogen and oxygen atoms in total. The molecule has 2 aliphatic heterocycles. The smallest absolute Gasteiger partial charge is 0.226 e. The second-order valence-electron chi connectivity index (χ2n) is 8.29. The van der Waals surface area contributed by atoms with Crippen LogP contribution >= 0.6 is 0 Å². The van der Waals surface area contributed by atoms with E-state index in [0.717, 1.165) is 32.6 Å². The number of rotatable bonds is 1. The Morgan fingerprint density at radius 2 is 1.76 bits per heavy atom. The summed E-state index contributed by atoms with van der Waals surface area (Å²) in [4.78, 5) is 15.1. The molecule has 1 amide bonds. The Labute approximate surface area is 128 Å². The molecule has 0 aromatic carbocycles. The molecule has 0 aromatic heterocycles. The second kappa shape index (κ2) is 5.26. The number of nitrogens with one attached hydrogen (secondary N) is 1. The summed E-state index contributed by atoms with van der Waals surface area (Å²) in [7, 11) is 0. The van der Waals surface area contributed by atoms with Crippen LogP contribution < -0.4 is 5.32 Å². The standard InChI is InChI=1S/C18H30N2O/c21-16(15-13-18(15)8-10-19-14-18)20-11-4-7-17(9-12-20)5-2-1-3-6-17/h15,19H,1-14H2. The van der Waals surface area contributed by atoms with E-state index in [2.05, 4.69) is 10.2 Å². The lowest BCUT2D eigenvalue weighted by molar-refractivity contribution is -0.133. The van der Waals surface area contributed by atoms with E-state index in [1.165, 1.54) is 57.8 Å². The number of likely N-dealkylation sites (tertiary alicyclic amines) is 1. The number of amides is 1. The lowest BCUT2D eigenvalue weighted by Gasteiger charge is -2.36. The first kappa shape index (κ1) is 14.0. The van der Waals surface area contributed by atoms with E-state index in [1.54, 1.807) is 0 Å². The number of hydrogen-bond acceptors (Lipinski definition) is 2. The summed E-state index contributed by atoms with van der Waals surface area (Å²) in [6, 6.07) is 0. The minimum Gasteiger partial charge on any atom is -0.342 e. The Hall–Kier alpha value is -0.570. The molecule has 2 atom stereocenters. The van der Waals surface area contributed by atoms with Gasteiger partial charge in [-0.05, 0) is 62.3 Å². The predicted octanol–water partition coefficient (Wildman–Crippen LogP) is 2.95. The fourth-order valence-corrected chi connectivity index (χ4v) is 5.43. The largest absolute Gasteiger partial charge is 0.342 e. The van der Waals surface area contributed by atoms with Gasteiger partial charge in [0, 0.05) is 25.6 Å². The van der Waals surface area contributed by atoms with Crippen LogP contribution in [0.15, 0.2) is 0 Å². The molecule has 0 aromatic rings. The number of carbonyl (C=O) groups excluding carboxylic acids is 1. The van der Waals surface area contributed by atoms with E-state index < -0.39 is 0 Å². The topological polar surface area (TPSA) is 32.3 Å². The maximum atomic E-state index is 12.8. The molecule has 2 aliphatic carbocycles. The van der Waals surface area contributed by atoms with Crippen molar-refractivity contribution in [2.45, 2.75) is 64.2 Å². The van der Waals surface area contributed by atoms with Gasteiger partial charge >= 0.3 is 0 Å². The quantitative estimate of drug-likeness (QED) is 0.805. The van der Waals surface area contributed by atoms with Crippen LogP contribution in [0, 0.1) is 16.7 Å². The van der Waals surface area contributed by atoms with Crippen molar-refractivity contribution in [1.29, 1.82) is 0 Å². The molecule has 4 rings (SSSR count). The molecule has 2 heterocycles. The van der Waals surface area contributed by atoms with Gasteiger partial charge in [0.1, 0.15) is 0 Å². The first-order valence-corrected chi connectivity index (χ1v) is 9.23. The maximum Gasteiger partial charge on any atom is 0.226 e. The highest BCUT2D eigenvalue weighted by atomic mass is 16.2. The number of carbonyl (C=O) groups is 1. The summed E-state index contributed by atoms with van der Waals surface area (Å²) in [5.41, 5.74) is 0.968. The molecule has 2 saturated carbocycles. The van der Waals surface area contributed by atoms with Crippen LogP contribution in [-0.4, -0.2) is 37.0 Å². The zero-order valence-corrected chi connectivity index (χ0v) is 13.3. The molecular formula is C18H30N2O. The molecular weight excluding hydrogens is 260 g/mol. The normalized spacial score (nSPS) is 38.7. The van der Waals surface area contributed by atoms with E-state index >= 15 is 0 Å². The van der Waals surface area contributed by atoms with Gasteiger partial charge in [0.25, 0.3) is 0 Å². The van der Waals surface area contributed by atoms with Crippen LogP contribution in [0.25, 0.3) is 0 Å². The van der Waals surface area contributed by atoms with Crippen LogP contribution in [0.5, 0.6) is 0 Å². The van der Waals surface area contributed by atoms with Crippen LogP contribution in [0.4, 0.5) is 0 Å². The fraction of sp³-hybridized carbons (Fsp3) is 0.944. The third-order valence-corrected chi connectivity index (χ3v) is 7.04. The lowest BCUT2D eigenvalue weighted by Crippen LogP contribution is -2.35. The third-order valence-electron chi connectivity index (χ3n) is 7.04. The Morgan fingerprint density at radius 1 is 0.952 bits per heavy atom. The Morgan fingerprint density at radius 3 is 2.52 bits per heavy atom.